The summed E-state index contributed by atoms with van der Waals surface area (Å²) >= 11 is 0. The van der Waals surface area contributed by atoms with Crippen LogP contribution < -0.4 is 5.73 Å². The van der Waals surface area contributed by atoms with Crippen LogP contribution in [0.3, 0.4) is 0 Å². The first-order valence-corrected chi connectivity index (χ1v) is 8.07. The molecule has 110 valence electrons. The third-order valence-electron chi connectivity index (χ3n) is 6.38. The Hall–Kier alpha value is -0.830. The standard InChI is InChI=1S/C17H27N3/c1-15-6-12-7-16(2,9-15)11-17(8-12,10-15)14(18)13-4-5-20(3)19-13/h4-5,12,14H,6-11,18H2,1-3H3. The normalized spacial score (nSPS) is 47.7. The van der Waals surface area contributed by atoms with E-state index < -0.39 is 0 Å². The Morgan fingerprint density at radius 2 is 1.85 bits per heavy atom. The predicted molar refractivity (Wildman–Crippen MR) is 80.0 cm³/mol. The van der Waals surface area contributed by atoms with Crippen molar-refractivity contribution in [3.8, 4) is 0 Å². The summed E-state index contributed by atoms with van der Waals surface area (Å²) in [6.07, 6.45) is 10.2. The zero-order valence-electron chi connectivity index (χ0n) is 13.0. The van der Waals surface area contributed by atoms with Gasteiger partial charge in [0.2, 0.25) is 0 Å². The smallest absolute Gasteiger partial charge is 0.0797 e. The third-order valence-corrected chi connectivity index (χ3v) is 6.38. The van der Waals surface area contributed by atoms with Gasteiger partial charge in [0.05, 0.1) is 11.7 Å². The van der Waals surface area contributed by atoms with E-state index in [2.05, 4.69) is 25.0 Å². The Morgan fingerprint density at radius 1 is 1.20 bits per heavy atom. The molecule has 0 amide bonds. The highest BCUT2D eigenvalue weighted by Gasteiger charge is 2.62. The van der Waals surface area contributed by atoms with E-state index in [0.29, 0.717) is 16.2 Å². The Labute approximate surface area is 121 Å². The molecule has 3 unspecified atom stereocenters. The van der Waals surface area contributed by atoms with Crippen molar-refractivity contribution in [1.82, 2.24) is 9.78 Å². The van der Waals surface area contributed by atoms with Gasteiger partial charge < -0.3 is 5.73 Å². The molecule has 2 N–H and O–H groups in total. The second kappa shape index (κ2) is 3.68. The van der Waals surface area contributed by atoms with Gasteiger partial charge in [-0.05, 0) is 66.8 Å². The van der Waals surface area contributed by atoms with Gasteiger partial charge >= 0.3 is 0 Å². The summed E-state index contributed by atoms with van der Waals surface area (Å²) in [6, 6.07) is 2.24. The van der Waals surface area contributed by atoms with Crippen LogP contribution >= 0.6 is 0 Å². The van der Waals surface area contributed by atoms with Gasteiger partial charge in [0.15, 0.2) is 0 Å². The molecule has 20 heavy (non-hydrogen) atoms. The van der Waals surface area contributed by atoms with Gasteiger partial charge in [-0.15, -0.1) is 0 Å². The van der Waals surface area contributed by atoms with Gasteiger partial charge in [0.25, 0.3) is 0 Å². The quantitative estimate of drug-likeness (QED) is 0.897. The van der Waals surface area contributed by atoms with Crippen LogP contribution in [0.15, 0.2) is 12.3 Å². The van der Waals surface area contributed by atoms with E-state index in [-0.39, 0.29) is 6.04 Å². The molecule has 0 radical (unpaired) electrons. The third kappa shape index (κ3) is 1.71. The molecule has 4 saturated carbocycles. The molecule has 0 aromatic carbocycles. The minimum atomic E-state index is 0.116. The maximum absolute atomic E-state index is 6.75. The van der Waals surface area contributed by atoms with Crippen LogP contribution in [-0.2, 0) is 7.05 Å². The van der Waals surface area contributed by atoms with Crippen molar-refractivity contribution in [1.29, 1.82) is 0 Å². The fourth-order valence-electron chi connectivity index (χ4n) is 6.80. The Kier molecular flexibility index (Phi) is 2.37. The number of aryl methyl sites for hydroxylation is 1. The Morgan fingerprint density at radius 3 is 2.35 bits per heavy atom. The van der Waals surface area contributed by atoms with Gasteiger partial charge in [-0.3, -0.25) is 4.68 Å². The van der Waals surface area contributed by atoms with Crippen molar-refractivity contribution < 1.29 is 0 Å². The van der Waals surface area contributed by atoms with Crippen LogP contribution in [0, 0.1) is 22.2 Å². The second-order valence-electron chi connectivity index (χ2n) is 8.88. The predicted octanol–water partition coefficient (Wildman–Crippen LogP) is 3.42. The fourth-order valence-corrected chi connectivity index (χ4v) is 6.80. The van der Waals surface area contributed by atoms with Crippen LogP contribution in [-0.4, -0.2) is 9.78 Å². The van der Waals surface area contributed by atoms with Crippen LogP contribution in [0.1, 0.15) is 64.1 Å². The average Bonchev–Trinajstić information content (AvgIpc) is 2.69. The van der Waals surface area contributed by atoms with E-state index in [1.807, 2.05) is 17.9 Å². The molecule has 1 aromatic heterocycles. The summed E-state index contributed by atoms with van der Waals surface area (Å²) in [5, 5.41) is 4.60. The topological polar surface area (TPSA) is 43.8 Å². The van der Waals surface area contributed by atoms with Crippen molar-refractivity contribution in [3.05, 3.63) is 18.0 Å². The van der Waals surface area contributed by atoms with Crippen LogP contribution in [0.2, 0.25) is 0 Å². The fraction of sp³-hybridized carbons (Fsp3) is 0.824. The molecule has 0 spiro atoms. The lowest BCUT2D eigenvalue weighted by Crippen LogP contribution is -2.58. The molecule has 3 nitrogen and oxygen atoms in total. The van der Waals surface area contributed by atoms with E-state index in [1.165, 1.54) is 38.5 Å². The molecule has 3 atom stereocenters. The average molecular weight is 273 g/mol. The van der Waals surface area contributed by atoms with Crippen LogP contribution in [0.25, 0.3) is 0 Å². The van der Waals surface area contributed by atoms with Gasteiger partial charge in [0, 0.05) is 13.2 Å². The molecule has 1 heterocycles. The summed E-state index contributed by atoms with van der Waals surface area (Å²) in [5.41, 5.74) is 9.21. The number of nitrogens with zero attached hydrogens (tertiary/aromatic N) is 2. The second-order valence-corrected chi connectivity index (χ2v) is 8.88. The summed E-state index contributed by atoms with van der Waals surface area (Å²) < 4.78 is 1.89. The van der Waals surface area contributed by atoms with Crippen molar-refractivity contribution in [3.63, 3.8) is 0 Å². The monoisotopic (exact) mass is 273 g/mol. The molecular weight excluding hydrogens is 246 g/mol. The van der Waals surface area contributed by atoms with Crippen molar-refractivity contribution in [2.75, 3.05) is 0 Å². The van der Waals surface area contributed by atoms with Gasteiger partial charge in [0.1, 0.15) is 0 Å². The molecule has 4 aliphatic rings. The lowest BCUT2D eigenvalue weighted by Gasteiger charge is -2.66. The van der Waals surface area contributed by atoms with Crippen molar-refractivity contribution >= 4 is 0 Å². The zero-order valence-corrected chi connectivity index (χ0v) is 13.0. The Balaban J connectivity index is 1.73. The SMILES string of the molecule is Cn1ccc(C(N)C23CC4CC(C)(CC(C)(C4)C2)C3)n1. The van der Waals surface area contributed by atoms with Gasteiger partial charge in [-0.2, -0.15) is 5.10 Å². The number of rotatable bonds is 2. The number of aromatic nitrogens is 2. The molecule has 4 aliphatic carbocycles. The van der Waals surface area contributed by atoms with E-state index >= 15 is 0 Å². The molecular formula is C17H27N3. The summed E-state index contributed by atoms with van der Waals surface area (Å²) in [4.78, 5) is 0. The van der Waals surface area contributed by atoms with Crippen LogP contribution in [0.4, 0.5) is 0 Å². The van der Waals surface area contributed by atoms with Gasteiger partial charge in [-0.1, -0.05) is 13.8 Å². The van der Waals surface area contributed by atoms with E-state index in [1.54, 1.807) is 0 Å². The van der Waals surface area contributed by atoms with E-state index in [4.69, 9.17) is 5.73 Å². The maximum Gasteiger partial charge on any atom is 0.0797 e. The van der Waals surface area contributed by atoms with Crippen molar-refractivity contribution in [2.45, 2.75) is 58.4 Å². The highest BCUT2D eigenvalue weighted by Crippen LogP contribution is 2.71. The largest absolute Gasteiger partial charge is 0.322 e. The van der Waals surface area contributed by atoms with Gasteiger partial charge in [-0.25, -0.2) is 0 Å². The minimum Gasteiger partial charge on any atom is -0.322 e. The summed E-state index contributed by atoms with van der Waals surface area (Å²) in [7, 11) is 1.98. The first-order valence-electron chi connectivity index (χ1n) is 8.07. The van der Waals surface area contributed by atoms with E-state index in [0.717, 1.165) is 11.6 Å². The highest BCUT2D eigenvalue weighted by atomic mass is 15.3. The molecule has 5 rings (SSSR count). The molecule has 3 heteroatoms. The maximum atomic E-state index is 6.75. The molecule has 0 saturated heterocycles. The lowest BCUT2D eigenvalue weighted by atomic mass is 9.39. The first kappa shape index (κ1) is 12.9. The van der Waals surface area contributed by atoms with Crippen LogP contribution in [0.5, 0.6) is 0 Å². The van der Waals surface area contributed by atoms with Crippen molar-refractivity contribution in [2.24, 2.45) is 34.9 Å². The molecule has 4 fully saturated rings. The number of nitrogens with two attached hydrogens (primary N) is 1. The molecule has 1 aromatic rings. The zero-order chi connectivity index (χ0) is 14.2. The highest BCUT2D eigenvalue weighted by molar-refractivity contribution is 5.18. The Bertz CT molecular complexity index is 528. The number of hydrogen-bond donors (Lipinski definition) is 1. The van der Waals surface area contributed by atoms with E-state index in [9.17, 15) is 0 Å². The lowest BCUT2D eigenvalue weighted by molar-refractivity contribution is -0.155. The first-order chi connectivity index (χ1) is 9.32. The molecule has 4 bridgehead atoms. The number of hydrogen-bond acceptors (Lipinski definition) is 2. The molecule has 0 aliphatic heterocycles. The summed E-state index contributed by atoms with van der Waals surface area (Å²) in [6.45, 7) is 5.02. The minimum absolute atomic E-state index is 0.116. The summed E-state index contributed by atoms with van der Waals surface area (Å²) in [5.74, 6) is 0.899.